The maximum Gasteiger partial charge on any atom is 0.227 e. The SMILES string of the molecule is COc1ccc(Cl)cc1Nc1cc(C)nc(N2CCc3ccccc3C2)n1. The number of ether oxygens (including phenoxy) is 1. The summed E-state index contributed by atoms with van der Waals surface area (Å²) in [5.74, 6) is 2.16. The highest BCUT2D eigenvalue weighted by atomic mass is 35.5. The fourth-order valence-electron chi connectivity index (χ4n) is 3.34. The molecule has 4 rings (SSSR count). The summed E-state index contributed by atoms with van der Waals surface area (Å²) in [6.07, 6.45) is 0.998. The molecule has 0 spiro atoms. The lowest BCUT2D eigenvalue weighted by molar-refractivity contribution is 0.417. The van der Waals surface area contributed by atoms with E-state index in [1.807, 2.05) is 25.1 Å². The number of aromatic nitrogens is 2. The minimum atomic E-state index is 0.636. The second-order valence-corrected chi connectivity index (χ2v) is 7.04. The highest BCUT2D eigenvalue weighted by Crippen LogP contribution is 2.31. The van der Waals surface area contributed by atoms with E-state index in [1.54, 1.807) is 13.2 Å². The van der Waals surface area contributed by atoms with Gasteiger partial charge in [0.25, 0.3) is 0 Å². The van der Waals surface area contributed by atoms with E-state index in [-0.39, 0.29) is 0 Å². The van der Waals surface area contributed by atoms with Crippen molar-refractivity contribution in [3.63, 3.8) is 0 Å². The molecule has 0 bridgehead atoms. The van der Waals surface area contributed by atoms with Crippen molar-refractivity contribution in [3.05, 3.63) is 70.4 Å². The fraction of sp³-hybridized carbons (Fsp3) is 0.238. The van der Waals surface area contributed by atoms with Crippen LogP contribution in [0.5, 0.6) is 5.75 Å². The zero-order valence-electron chi connectivity index (χ0n) is 15.4. The van der Waals surface area contributed by atoms with Crippen LogP contribution < -0.4 is 15.0 Å². The summed E-state index contributed by atoms with van der Waals surface area (Å²) in [6.45, 7) is 3.70. The molecule has 138 valence electrons. The number of fused-ring (bicyclic) bond motifs is 1. The first-order valence-electron chi connectivity index (χ1n) is 8.90. The van der Waals surface area contributed by atoms with Gasteiger partial charge >= 0.3 is 0 Å². The Labute approximate surface area is 164 Å². The summed E-state index contributed by atoms with van der Waals surface area (Å²) in [6, 6.07) is 15.9. The molecular formula is C21H21ClN4O. The molecule has 0 aliphatic carbocycles. The quantitative estimate of drug-likeness (QED) is 0.707. The first-order chi connectivity index (χ1) is 13.1. The van der Waals surface area contributed by atoms with Gasteiger partial charge in [0, 0.05) is 29.9 Å². The molecule has 0 saturated carbocycles. The Hall–Kier alpha value is -2.79. The number of nitrogens with zero attached hydrogens (tertiary/aromatic N) is 3. The number of halogens is 1. The lowest BCUT2D eigenvalue weighted by atomic mass is 10.0. The third-order valence-corrected chi connectivity index (χ3v) is 4.92. The van der Waals surface area contributed by atoms with Gasteiger partial charge in [-0.1, -0.05) is 35.9 Å². The first kappa shape index (κ1) is 17.6. The van der Waals surface area contributed by atoms with Crippen LogP contribution in [0.25, 0.3) is 0 Å². The normalized spacial score (nSPS) is 13.2. The highest BCUT2D eigenvalue weighted by molar-refractivity contribution is 6.31. The maximum absolute atomic E-state index is 6.14. The van der Waals surface area contributed by atoms with E-state index in [4.69, 9.17) is 21.3 Å². The van der Waals surface area contributed by atoms with Crippen LogP contribution in [0.2, 0.25) is 5.02 Å². The molecule has 1 aliphatic heterocycles. The van der Waals surface area contributed by atoms with E-state index in [1.165, 1.54) is 11.1 Å². The van der Waals surface area contributed by atoms with Crippen molar-refractivity contribution in [1.82, 2.24) is 9.97 Å². The topological polar surface area (TPSA) is 50.3 Å². The second kappa shape index (κ2) is 7.45. The van der Waals surface area contributed by atoms with Gasteiger partial charge in [0.1, 0.15) is 11.6 Å². The summed E-state index contributed by atoms with van der Waals surface area (Å²) >= 11 is 6.14. The minimum absolute atomic E-state index is 0.636. The van der Waals surface area contributed by atoms with Crippen molar-refractivity contribution in [2.24, 2.45) is 0 Å². The van der Waals surface area contributed by atoms with Crippen molar-refractivity contribution in [2.75, 3.05) is 23.9 Å². The average molecular weight is 381 g/mol. The molecule has 0 atom stereocenters. The lowest BCUT2D eigenvalue weighted by Crippen LogP contribution is -2.32. The number of hydrogen-bond donors (Lipinski definition) is 1. The van der Waals surface area contributed by atoms with Crippen LogP contribution in [0, 0.1) is 6.92 Å². The monoisotopic (exact) mass is 380 g/mol. The molecule has 1 N–H and O–H groups in total. The second-order valence-electron chi connectivity index (χ2n) is 6.60. The van der Waals surface area contributed by atoms with Crippen molar-refractivity contribution in [3.8, 4) is 5.75 Å². The largest absolute Gasteiger partial charge is 0.495 e. The molecule has 0 unspecified atom stereocenters. The number of nitrogens with one attached hydrogen (secondary N) is 1. The van der Waals surface area contributed by atoms with Crippen molar-refractivity contribution < 1.29 is 4.74 Å². The van der Waals surface area contributed by atoms with Crippen molar-refractivity contribution in [2.45, 2.75) is 19.9 Å². The predicted molar refractivity (Wildman–Crippen MR) is 109 cm³/mol. The van der Waals surface area contributed by atoms with Gasteiger partial charge in [-0.05, 0) is 42.7 Å². The van der Waals surface area contributed by atoms with Crippen LogP contribution in [0.1, 0.15) is 16.8 Å². The Bertz CT molecular complexity index is 976. The molecule has 3 aromatic rings. The Morgan fingerprint density at radius 1 is 1.07 bits per heavy atom. The van der Waals surface area contributed by atoms with E-state index in [2.05, 4.69) is 39.5 Å². The third kappa shape index (κ3) is 3.83. The molecule has 2 aromatic carbocycles. The van der Waals surface area contributed by atoms with Crippen LogP contribution in [-0.4, -0.2) is 23.6 Å². The molecule has 0 amide bonds. The van der Waals surface area contributed by atoms with Crippen LogP contribution in [-0.2, 0) is 13.0 Å². The number of methoxy groups -OCH3 is 1. The molecule has 1 aliphatic rings. The van der Waals surface area contributed by atoms with Gasteiger partial charge in [0.2, 0.25) is 5.95 Å². The Morgan fingerprint density at radius 2 is 1.89 bits per heavy atom. The summed E-state index contributed by atoms with van der Waals surface area (Å²) in [5, 5.41) is 3.95. The van der Waals surface area contributed by atoms with Gasteiger partial charge in [-0.25, -0.2) is 4.98 Å². The number of rotatable bonds is 4. The molecule has 5 nitrogen and oxygen atoms in total. The Kier molecular flexibility index (Phi) is 4.86. The minimum Gasteiger partial charge on any atom is -0.495 e. The van der Waals surface area contributed by atoms with Gasteiger partial charge in [0.05, 0.1) is 12.8 Å². The van der Waals surface area contributed by atoms with Crippen molar-refractivity contribution in [1.29, 1.82) is 0 Å². The van der Waals surface area contributed by atoms with Crippen molar-refractivity contribution >= 4 is 29.1 Å². The molecule has 0 fully saturated rings. The third-order valence-electron chi connectivity index (χ3n) is 4.68. The molecule has 6 heteroatoms. The number of benzene rings is 2. The average Bonchev–Trinajstić information content (AvgIpc) is 2.67. The molecular weight excluding hydrogens is 360 g/mol. The zero-order chi connectivity index (χ0) is 18.8. The van der Waals surface area contributed by atoms with Gasteiger partial charge in [-0.3, -0.25) is 0 Å². The first-order valence-corrected chi connectivity index (χ1v) is 9.28. The summed E-state index contributed by atoms with van der Waals surface area (Å²) in [4.78, 5) is 11.6. The fourth-order valence-corrected chi connectivity index (χ4v) is 3.51. The summed E-state index contributed by atoms with van der Waals surface area (Å²) in [7, 11) is 1.64. The van der Waals surface area contributed by atoms with Gasteiger partial charge in [-0.2, -0.15) is 4.98 Å². The Morgan fingerprint density at radius 3 is 2.70 bits per heavy atom. The van der Waals surface area contributed by atoms with E-state index in [0.717, 1.165) is 42.7 Å². The molecule has 2 heterocycles. The smallest absolute Gasteiger partial charge is 0.227 e. The number of aryl methyl sites for hydroxylation is 1. The van der Waals surface area contributed by atoms with Gasteiger partial charge in [0.15, 0.2) is 0 Å². The summed E-state index contributed by atoms with van der Waals surface area (Å²) in [5.41, 5.74) is 4.42. The zero-order valence-corrected chi connectivity index (χ0v) is 16.1. The number of hydrogen-bond acceptors (Lipinski definition) is 5. The van der Waals surface area contributed by atoms with Gasteiger partial charge < -0.3 is 15.0 Å². The van der Waals surface area contributed by atoms with Crippen LogP contribution in [0.15, 0.2) is 48.5 Å². The van der Waals surface area contributed by atoms with Crippen LogP contribution in [0.4, 0.5) is 17.5 Å². The van der Waals surface area contributed by atoms with E-state index < -0.39 is 0 Å². The lowest BCUT2D eigenvalue weighted by Gasteiger charge is -2.29. The van der Waals surface area contributed by atoms with E-state index in [0.29, 0.717) is 10.8 Å². The maximum atomic E-state index is 6.14. The molecule has 1 aromatic heterocycles. The van der Waals surface area contributed by atoms with Gasteiger partial charge in [-0.15, -0.1) is 0 Å². The predicted octanol–water partition coefficient (Wildman–Crippen LogP) is 4.75. The molecule has 0 radical (unpaired) electrons. The number of anilines is 3. The van der Waals surface area contributed by atoms with Crippen LogP contribution >= 0.6 is 11.6 Å². The Balaban J connectivity index is 1.62. The molecule has 27 heavy (non-hydrogen) atoms. The van der Waals surface area contributed by atoms with E-state index >= 15 is 0 Å². The summed E-state index contributed by atoms with van der Waals surface area (Å²) < 4.78 is 5.41. The molecule has 0 saturated heterocycles. The van der Waals surface area contributed by atoms with E-state index in [9.17, 15) is 0 Å². The standard InChI is InChI=1S/C21H21ClN4O/c1-14-11-20(24-18-12-17(22)7-8-19(18)27-2)25-21(23-14)26-10-9-15-5-3-4-6-16(15)13-26/h3-8,11-12H,9-10,13H2,1-2H3,(H,23,24,25). The van der Waals surface area contributed by atoms with Crippen LogP contribution in [0.3, 0.4) is 0 Å². The highest BCUT2D eigenvalue weighted by Gasteiger charge is 2.19.